The summed E-state index contributed by atoms with van der Waals surface area (Å²) >= 11 is 0. The van der Waals surface area contributed by atoms with Gasteiger partial charge in [-0.05, 0) is 17.6 Å². The lowest BCUT2D eigenvalue weighted by Crippen LogP contribution is -2.09. The number of rotatable bonds is 2. The summed E-state index contributed by atoms with van der Waals surface area (Å²) in [5, 5.41) is 2.85. The molecule has 1 heteroatoms. The molecule has 1 aliphatic rings. The fourth-order valence-corrected chi connectivity index (χ4v) is 1.47. The number of allylic oxidation sites excluding steroid dienone is 7. The van der Waals surface area contributed by atoms with Crippen molar-refractivity contribution in [3.05, 3.63) is 72.4 Å². The molecule has 1 nitrogen and oxygen atoms in total. The molecule has 0 bridgehead atoms. The third-order valence-corrected chi connectivity index (χ3v) is 2.28. The van der Waals surface area contributed by atoms with Crippen molar-refractivity contribution in [3.63, 3.8) is 0 Å². The topological polar surface area (TPSA) is 12.0 Å². The minimum Gasteiger partial charge on any atom is -0.342 e. The Morgan fingerprint density at radius 2 is 1.82 bits per heavy atom. The first kappa shape index (κ1) is 12.9. The van der Waals surface area contributed by atoms with Gasteiger partial charge in [-0.25, -0.2) is 0 Å². The molecule has 0 fully saturated rings. The summed E-state index contributed by atoms with van der Waals surface area (Å²) in [6.07, 6.45) is 15.8. The molecule has 0 atom stereocenters. The molecule has 0 aromatic carbocycles. The van der Waals surface area contributed by atoms with Gasteiger partial charge in [-0.2, -0.15) is 0 Å². The first-order valence-corrected chi connectivity index (χ1v) is 5.41. The van der Waals surface area contributed by atoms with E-state index in [9.17, 15) is 0 Å². The van der Waals surface area contributed by atoms with Gasteiger partial charge in [0.05, 0.1) is 0 Å². The minimum atomic E-state index is 0.621. The standard InChI is InChI=1S/C16H17N/c1-5-17-12-16-9-8-13(2)6-7-14(3)10-15(4)11-16/h1,6-9,11,17H,2-4,10,12H2/b7-6-,9-8-,16-11+. The van der Waals surface area contributed by atoms with E-state index in [-0.39, 0.29) is 0 Å². The second-order valence-electron chi connectivity index (χ2n) is 3.95. The van der Waals surface area contributed by atoms with Crippen molar-refractivity contribution < 1.29 is 0 Å². The molecule has 1 N–H and O–H groups in total. The highest BCUT2D eigenvalue weighted by molar-refractivity contribution is 5.41. The molecule has 0 saturated heterocycles. The fraction of sp³-hybridized carbons (Fsp3) is 0.125. The molecule has 0 radical (unpaired) electrons. The predicted octanol–water partition coefficient (Wildman–Crippen LogP) is 3.28. The normalized spacial score (nSPS) is 23.2. The van der Waals surface area contributed by atoms with Gasteiger partial charge in [-0.15, -0.1) is 0 Å². The van der Waals surface area contributed by atoms with Gasteiger partial charge in [0.15, 0.2) is 0 Å². The van der Waals surface area contributed by atoms with Crippen molar-refractivity contribution in [2.24, 2.45) is 0 Å². The van der Waals surface area contributed by atoms with Crippen LogP contribution in [0.5, 0.6) is 0 Å². The molecule has 0 unspecified atom stereocenters. The van der Waals surface area contributed by atoms with Crippen LogP contribution in [-0.2, 0) is 0 Å². The zero-order valence-electron chi connectivity index (χ0n) is 10.00. The Morgan fingerprint density at radius 3 is 2.53 bits per heavy atom. The first-order valence-electron chi connectivity index (χ1n) is 5.41. The van der Waals surface area contributed by atoms with E-state index in [0.29, 0.717) is 6.54 Å². The monoisotopic (exact) mass is 223 g/mol. The molecule has 1 rings (SSSR count). The summed E-state index contributed by atoms with van der Waals surface area (Å²) in [5.74, 6) is 0. The number of terminal acetylenes is 1. The maximum atomic E-state index is 5.18. The maximum Gasteiger partial charge on any atom is 0.0480 e. The van der Waals surface area contributed by atoms with Gasteiger partial charge in [0.1, 0.15) is 0 Å². The molecule has 0 aromatic rings. The molecule has 0 aromatic heterocycles. The van der Waals surface area contributed by atoms with Crippen molar-refractivity contribution >= 4 is 0 Å². The van der Waals surface area contributed by atoms with Crippen LogP contribution in [0.25, 0.3) is 0 Å². The summed E-state index contributed by atoms with van der Waals surface area (Å²) in [4.78, 5) is 0. The predicted molar refractivity (Wildman–Crippen MR) is 75.2 cm³/mol. The Bertz CT molecular complexity index is 464. The molecule has 0 saturated carbocycles. The summed E-state index contributed by atoms with van der Waals surface area (Å²) in [6, 6.07) is 2.41. The van der Waals surface area contributed by atoms with E-state index in [1.807, 2.05) is 30.4 Å². The second-order valence-corrected chi connectivity index (χ2v) is 3.95. The Labute approximate surface area is 104 Å². The lowest BCUT2D eigenvalue weighted by atomic mass is 10.0. The zero-order valence-corrected chi connectivity index (χ0v) is 10.00. The largest absolute Gasteiger partial charge is 0.342 e. The van der Waals surface area contributed by atoms with Gasteiger partial charge < -0.3 is 5.32 Å². The molecule has 1 aliphatic carbocycles. The summed E-state index contributed by atoms with van der Waals surface area (Å²) in [7, 11) is 0. The van der Waals surface area contributed by atoms with Crippen LogP contribution >= 0.6 is 0 Å². The number of hydrogen-bond acceptors (Lipinski definition) is 1. The van der Waals surface area contributed by atoms with Crippen LogP contribution in [0.3, 0.4) is 0 Å². The Morgan fingerprint density at radius 1 is 1.12 bits per heavy atom. The average Bonchev–Trinajstić information content (AvgIpc) is 2.29. The van der Waals surface area contributed by atoms with E-state index < -0.39 is 0 Å². The molecule has 86 valence electrons. The van der Waals surface area contributed by atoms with Crippen LogP contribution in [0.15, 0.2) is 72.4 Å². The Hall–Kier alpha value is -2.20. The van der Waals surface area contributed by atoms with E-state index >= 15 is 0 Å². The van der Waals surface area contributed by atoms with Crippen molar-refractivity contribution in [3.8, 4) is 12.5 Å². The molecule has 0 amide bonds. The number of nitrogens with one attached hydrogen (secondary N) is 1. The molecule has 0 spiro atoms. The van der Waals surface area contributed by atoms with Crippen LogP contribution in [0, 0.1) is 12.5 Å². The Kier molecular flexibility index (Phi) is 4.84. The van der Waals surface area contributed by atoms with E-state index in [1.54, 1.807) is 0 Å². The van der Waals surface area contributed by atoms with Crippen molar-refractivity contribution in [1.82, 2.24) is 5.32 Å². The first-order chi connectivity index (χ1) is 8.11. The summed E-state index contributed by atoms with van der Waals surface area (Å²) in [5.41, 5.74) is 4.06. The van der Waals surface area contributed by atoms with Crippen LogP contribution in [0.1, 0.15) is 6.42 Å². The average molecular weight is 223 g/mol. The van der Waals surface area contributed by atoms with Crippen LogP contribution in [-0.4, -0.2) is 6.54 Å². The molecule has 0 aliphatic heterocycles. The number of hydrogen-bond donors (Lipinski definition) is 1. The van der Waals surface area contributed by atoms with Gasteiger partial charge in [0.25, 0.3) is 0 Å². The maximum absolute atomic E-state index is 5.18. The third-order valence-electron chi connectivity index (χ3n) is 2.28. The van der Waals surface area contributed by atoms with Crippen molar-refractivity contribution in [1.29, 1.82) is 0 Å². The highest BCUT2D eigenvalue weighted by atomic mass is 14.8. The lowest BCUT2D eigenvalue weighted by Gasteiger charge is -2.07. The van der Waals surface area contributed by atoms with Crippen molar-refractivity contribution in [2.75, 3.05) is 6.54 Å². The van der Waals surface area contributed by atoms with Gasteiger partial charge in [0.2, 0.25) is 0 Å². The smallest absolute Gasteiger partial charge is 0.0480 e. The van der Waals surface area contributed by atoms with Crippen molar-refractivity contribution in [2.45, 2.75) is 6.42 Å². The van der Waals surface area contributed by atoms with Crippen LogP contribution in [0.2, 0.25) is 0 Å². The van der Waals surface area contributed by atoms with E-state index in [2.05, 4.69) is 31.1 Å². The second kappa shape index (κ2) is 6.40. The zero-order chi connectivity index (χ0) is 12.7. The van der Waals surface area contributed by atoms with Gasteiger partial charge in [-0.1, -0.05) is 67.7 Å². The van der Waals surface area contributed by atoms with E-state index in [0.717, 1.165) is 28.7 Å². The van der Waals surface area contributed by atoms with Gasteiger partial charge >= 0.3 is 0 Å². The molecular weight excluding hydrogens is 206 g/mol. The quantitative estimate of drug-likeness (QED) is 0.559. The molecule has 0 heterocycles. The highest BCUT2D eigenvalue weighted by Crippen LogP contribution is 2.15. The third kappa shape index (κ3) is 4.90. The highest BCUT2D eigenvalue weighted by Gasteiger charge is 1.98. The molecular formula is C16H17N. The van der Waals surface area contributed by atoms with Crippen LogP contribution in [0.4, 0.5) is 0 Å². The van der Waals surface area contributed by atoms with Crippen LogP contribution < -0.4 is 5.32 Å². The fourth-order valence-electron chi connectivity index (χ4n) is 1.47. The van der Waals surface area contributed by atoms with E-state index in [4.69, 9.17) is 6.42 Å². The lowest BCUT2D eigenvalue weighted by molar-refractivity contribution is 0.988. The Balaban J connectivity index is 2.95. The SMILES string of the molecule is C#CNCC1=C/C(=C)CC(=C)/C=C\C(=C)/C=C\1. The minimum absolute atomic E-state index is 0.621. The van der Waals surface area contributed by atoms with E-state index in [1.165, 1.54) is 0 Å². The molecule has 17 heavy (non-hydrogen) atoms. The summed E-state index contributed by atoms with van der Waals surface area (Å²) in [6.45, 7) is 12.5. The summed E-state index contributed by atoms with van der Waals surface area (Å²) < 4.78 is 0. The van der Waals surface area contributed by atoms with Gasteiger partial charge in [0, 0.05) is 12.6 Å². The van der Waals surface area contributed by atoms with Gasteiger partial charge in [-0.3, -0.25) is 0 Å².